The molecule has 0 spiro atoms. The maximum absolute atomic E-state index is 12.5. The highest BCUT2D eigenvalue weighted by Gasteiger charge is 2.30. The van der Waals surface area contributed by atoms with Gasteiger partial charge in [0, 0.05) is 36.7 Å². The number of piperidine rings is 2. The number of carbonyl (C=O) groups excluding carboxylic acids is 1. The molecule has 2 aromatic carbocycles. The molecular weight excluding hydrogens is 652 g/mol. The molecule has 7 N–H and O–H groups in total. The highest BCUT2D eigenvalue weighted by atomic mass is 35.5. The van der Waals surface area contributed by atoms with Crippen molar-refractivity contribution in [3.8, 4) is 34.0 Å². The molecule has 2 atom stereocenters. The van der Waals surface area contributed by atoms with Crippen molar-refractivity contribution in [3.05, 3.63) is 82.9 Å². The number of amides is 1. The molecule has 2 aromatic heterocycles. The predicted molar refractivity (Wildman–Crippen MR) is 203 cm³/mol. The number of benzene rings is 2. The maximum atomic E-state index is 12.5. The summed E-state index contributed by atoms with van der Waals surface area (Å²) in [6, 6.07) is 18.4. The summed E-state index contributed by atoms with van der Waals surface area (Å²) in [4.78, 5) is 23.2. The number of nitrogen functional groups attached to an aromatic ring is 2. The molecule has 4 aromatic rings. The van der Waals surface area contributed by atoms with E-state index in [0.29, 0.717) is 41.9 Å². The van der Waals surface area contributed by atoms with Crippen molar-refractivity contribution in [2.24, 2.45) is 0 Å². The number of aromatic hydroxyl groups is 2. The summed E-state index contributed by atoms with van der Waals surface area (Å²) in [5.74, 6) is 2.02. The number of ether oxygens (including phenoxy) is 1. The van der Waals surface area contributed by atoms with Crippen LogP contribution in [0, 0.1) is 13.8 Å². The molecule has 268 valence electrons. The Balaban J connectivity index is 0.000000229. The van der Waals surface area contributed by atoms with Gasteiger partial charge in [0.15, 0.2) is 0 Å². The smallest absolute Gasteiger partial charge is 0.410 e. The van der Waals surface area contributed by atoms with E-state index in [-0.39, 0.29) is 35.9 Å². The number of aromatic nitrogens is 2. The third-order valence-corrected chi connectivity index (χ3v) is 9.31. The second-order valence-corrected chi connectivity index (χ2v) is 14.1. The molecule has 0 bridgehead atoms. The van der Waals surface area contributed by atoms with Crippen molar-refractivity contribution in [3.63, 3.8) is 0 Å². The van der Waals surface area contributed by atoms with E-state index in [1.165, 1.54) is 12.0 Å². The minimum atomic E-state index is -0.515. The number of nitrogens with zero attached hydrogens (tertiary/aromatic N) is 3. The van der Waals surface area contributed by atoms with Crippen LogP contribution < -0.4 is 16.8 Å². The average Bonchev–Trinajstić information content (AvgIpc) is 3.07. The highest BCUT2D eigenvalue weighted by Crippen LogP contribution is 2.37. The number of anilines is 2. The number of hydrogen-bond acceptors (Lipinski definition) is 9. The van der Waals surface area contributed by atoms with E-state index in [4.69, 9.17) is 16.2 Å². The van der Waals surface area contributed by atoms with Crippen molar-refractivity contribution in [2.45, 2.75) is 77.7 Å². The van der Waals surface area contributed by atoms with Gasteiger partial charge in [0.05, 0.1) is 11.4 Å². The van der Waals surface area contributed by atoms with Crippen LogP contribution in [0.5, 0.6) is 11.5 Å². The Bertz CT molecular complexity index is 1790. The van der Waals surface area contributed by atoms with E-state index in [1.54, 1.807) is 23.1 Å². The predicted octanol–water partition coefficient (Wildman–Crippen LogP) is 7.69. The van der Waals surface area contributed by atoms with Crippen molar-refractivity contribution < 1.29 is 19.7 Å². The fourth-order valence-corrected chi connectivity index (χ4v) is 6.64. The molecule has 1 amide bonds. The van der Waals surface area contributed by atoms with Gasteiger partial charge in [0.2, 0.25) is 0 Å². The van der Waals surface area contributed by atoms with Gasteiger partial charge >= 0.3 is 6.09 Å². The molecule has 0 saturated carbocycles. The molecule has 2 saturated heterocycles. The van der Waals surface area contributed by atoms with Gasteiger partial charge in [-0.2, -0.15) is 0 Å². The Morgan fingerprint density at radius 3 is 1.82 bits per heavy atom. The van der Waals surface area contributed by atoms with E-state index in [1.807, 2.05) is 71.0 Å². The lowest BCUT2D eigenvalue weighted by molar-refractivity contribution is 0.0198. The summed E-state index contributed by atoms with van der Waals surface area (Å²) in [6.45, 7) is 12.9. The van der Waals surface area contributed by atoms with Crippen LogP contribution in [-0.2, 0) is 4.74 Å². The number of rotatable bonds is 4. The van der Waals surface area contributed by atoms with Gasteiger partial charge in [-0.25, -0.2) is 14.8 Å². The average molecular weight is 703 g/mol. The second kappa shape index (κ2) is 16.4. The zero-order chi connectivity index (χ0) is 35.3. The van der Waals surface area contributed by atoms with Gasteiger partial charge in [-0.05, 0) is 131 Å². The molecule has 2 fully saturated rings. The Kier molecular flexibility index (Phi) is 12.6. The van der Waals surface area contributed by atoms with Crippen LogP contribution >= 0.6 is 12.4 Å². The van der Waals surface area contributed by atoms with Crippen LogP contribution in [0.4, 0.5) is 16.4 Å². The number of para-hydroxylation sites is 2. The summed E-state index contributed by atoms with van der Waals surface area (Å²) >= 11 is 0. The number of hydrogen-bond donors (Lipinski definition) is 5. The molecule has 0 radical (unpaired) electrons. The van der Waals surface area contributed by atoms with Crippen LogP contribution in [-0.4, -0.2) is 63.0 Å². The number of halogens is 1. The zero-order valence-corrected chi connectivity index (χ0v) is 30.5. The quantitative estimate of drug-likeness (QED) is 0.144. The first-order valence-corrected chi connectivity index (χ1v) is 17.1. The maximum Gasteiger partial charge on any atom is 0.410 e. The SMILES string of the molecule is Cc1c(C2CCCN(C(=O)OC(C)(C)C)C2)cc(-c2ccccc2O)nc1N.Cc1c(C2CCCNC2)cc(-c2ccccc2O)nc1N.Cl. The first-order valence-electron chi connectivity index (χ1n) is 17.1. The second-order valence-electron chi connectivity index (χ2n) is 14.1. The summed E-state index contributed by atoms with van der Waals surface area (Å²) in [5, 5.41) is 23.7. The van der Waals surface area contributed by atoms with Gasteiger partial charge in [-0.15, -0.1) is 12.4 Å². The molecule has 10 nitrogen and oxygen atoms in total. The summed E-state index contributed by atoms with van der Waals surface area (Å²) in [6.07, 6.45) is 3.93. The van der Waals surface area contributed by atoms with Crippen molar-refractivity contribution >= 4 is 30.1 Å². The molecule has 2 unspecified atom stereocenters. The van der Waals surface area contributed by atoms with Crippen molar-refractivity contribution in [1.29, 1.82) is 0 Å². The van der Waals surface area contributed by atoms with Gasteiger partial charge in [-0.3, -0.25) is 0 Å². The molecule has 11 heteroatoms. The fourth-order valence-electron chi connectivity index (χ4n) is 6.64. The van der Waals surface area contributed by atoms with Crippen LogP contribution in [0.3, 0.4) is 0 Å². The lowest BCUT2D eigenvalue weighted by atomic mass is 9.87. The summed E-state index contributed by atoms with van der Waals surface area (Å²) in [7, 11) is 0. The van der Waals surface area contributed by atoms with Crippen LogP contribution in [0.25, 0.3) is 22.5 Å². The van der Waals surface area contributed by atoms with E-state index in [0.717, 1.165) is 60.3 Å². The number of phenolic OH excluding ortho intramolecular Hbond substituents is 2. The van der Waals surface area contributed by atoms with Crippen LogP contribution in [0.2, 0.25) is 0 Å². The Morgan fingerprint density at radius 1 is 0.840 bits per heavy atom. The highest BCUT2D eigenvalue weighted by molar-refractivity contribution is 5.85. The molecular formula is C39H51ClN6O4. The molecule has 0 aliphatic carbocycles. The third-order valence-electron chi connectivity index (χ3n) is 9.31. The number of nitrogens with two attached hydrogens (primary N) is 2. The van der Waals surface area contributed by atoms with E-state index in [9.17, 15) is 15.0 Å². The van der Waals surface area contributed by atoms with Gasteiger partial charge < -0.3 is 36.6 Å². The fraction of sp³-hybridized carbons (Fsp3) is 0.410. The Morgan fingerprint density at radius 2 is 1.34 bits per heavy atom. The van der Waals surface area contributed by atoms with Crippen LogP contribution in [0.15, 0.2) is 60.7 Å². The molecule has 4 heterocycles. The monoisotopic (exact) mass is 702 g/mol. The third kappa shape index (κ3) is 9.17. The lowest BCUT2D eigenvalue weighted by Gasteiger charge is -2.35. The number of likely N-dealkylation sites (tertiary alicyclic amines) is 1. The number of nitrogens with one attached hydrogen (secondary N) is 1. The first kappa shape index (κ1) is 38.3. The minimum Gasteiger partial charge on any atom is -0.507 e. The lowest BCUT2D eigenvalue weighted by Crippen LogP contribution is -2.42. The van der Waals surface area contributed by atoms with E-state index in [2.05, 4.69) is 21.4 Å². The van der Waals surface area contributed by atoms with Gasteiger partial charge in [-0.1, -0.05) is 24.3 Å². The van der Waals surface area contributed by atoms with Gasteiger partial charge in [0.1, 0.15) is 28.7 Å². The van der Waals surface area contributed by atoms with Crippen molar-refractivity contribution in [1.82, 2.24) is 20.2 Å². The van der Waals surface area contributed by atoms with Crippen molar-refractivity contribution in [2.75, 3.05) is 37.6 Å². The van der Waals surface area contributed by atoms with Crippen LogP contribution in [0.1, 0.15) is 80.5 Å². The Labute approximate surface area is 301 Å². The molecule has 2 aliphatic rings. The number of phenols is 2. The normalized spacial score (nSPS) is 17.6. The number of carbonyl (C=O) groups is 1. The molecule has 2 aliphatic heterocycles. The Hall–Kier alpha value is -4.54. The topological polar surface area (TPSA) is 160 Å². The van der Waals surface area contributed by atoms with Gasteiger partial charge in [0.25, 0.3) is 0 Å². The summed E-state index contributed by atoms with van der Waals surface area (Å²) in [5.41, 5.74) is 18.8. The standard InChI is InChI=1S/C22H29N3O3.C17H21N3O.ClH/c1-14-17(12-18(24-20(14)23)16-9-5-6-10-19(16)26)15-8-7-11-25(13-15)21(27)28-22(2,3)4;1-11-14(12-5-4-8-19-10-12)9-15(20-17(11)18)13-6-2-3-7-16(13)21;/h5-6,9-10,12,15,26H,7-8,11,13H2,1-4H3,(H2,23,24);2-3,6-7,9,12,19,21H,4-5,8,10H2,1H3,(H2,18,20);1H. The summed E-state index contributed by atoms with van der Waals surface area (Å²) < 4.78 is 5.54. The molecule has 50 heavy (non-hydrogen) atoms. The number of pyridine rings is 2. The molecule has 6 rings (SSSR count). The first-order chi connectivity index (χ1) is 23.3. The van der Waals surface area contributed by atoms with E-state index >= 15 is 0 Å². The largest absolute Gasteiger partial charge is 0.507 e. The van der Waals surface area contributed by atoms with E-state index < -0.39 is 5.60 Å². The minimum absolute atomic E-state index is 0. The zero-order valence-electron chi connectivity index (χ0n) is 29.7.